The van der Waals surface area contributed by atoms with Crippen LogP contribution in [0.3, 0.4) is 0 Å². The van der Waals surface area contributed by atoms with Crippen molar-refractivity contribution in [2.75, 3.05) is 4.90 Å². The summed E-state index contributed by atoms with van der Waals surface area (Å²) in [4.78, 5) is 2.46. The molecule has 0 N–H and O–H groups in total. The van der Waals surface area contributed by atoms with Crippen LogP contribution in [0.5, 0.6) is 0 Å². The molecule has 3 aliphatic carbocycles. The minimum absolute atomic E-state index is 0.0685. The molecule has 0 unspecified atom stereocenters. The summed E-state index contributed by atoms with van der Waals surface area (Å²) in [7, 11) is 0. The molecular weight excluding hydrogens is 555 g/mol. The van der Waals surface area contributed by atoms with Crippen molar-refractivity contribution in [1.82, 2.24) is 0 Å². The lowest BCUT2D eigenvalue weighted by atomic mass is 9.68. The summed E-state index contributed by atoms with van der Waals surface area (Å²) < 4.78 is 0. The van der Waals surface area contributed by atoms with Gasteiger partial charge in [-0.05, 0) is 105 Å². The number of anilines is 3. The maximum Gasteiger partial charge on any atom is 0.0467 e. The highest BCUT2D eigenvalue weighted by Crippen LogP contribution is 2.57. The van der Waals surface area contributed by atoms with Crippen LogP contribution in [0.2, 0.25) is 0 Å². The zero-order valence-electron chi connectivity index (χ0n) is 26.8. The second-order valence-electron chi connectivity index (χ2n) is 14.0. The van der Waals surface area contributed by atoms with Gasteiger partial charge in [0, 0.05) is 27.9 Å². The second kappa shape index (κ2) is 10.3. The smallest absolute Gasteiger partial charge is 0.0467 e. The molecule has 224 valence electrons. The van der Waals surface area contributed by atoms with Crippen LogP contribution in [0.1, 0.15) is 68.2 Å². The summed E-state index contributed by atoms with van der Waals surface area (Å²) in [6.45, 7) is 4.76. The van der Waals surface area contributed by atoms with Gasteiger partial charge in [-0.15, -0.1) is 0 Å². The van der Waals surface area contributed by atoms with Crippen molar-refractivity contribution >= 4 is 17.1 Å². The molecule has 0 aromatic heterocycles. The molecular formula is C45H39N. The molecule has 6 aromatic rings. The normalized spacial score (nSPS) is 16.4. The van der Waals surface area contributed by atoms with E-state index in [0.717, 1.165) is 0 Å². The van der Waals surface area contributed by atoms with Gasteiger partial charge >= 0.3 is 0 Å². The van der Waals surface area contributed by atoms with Gasteiger partial charge in [0.05, 0.1) is 0 Å². The first-order valence-corrected chi connectivity index (χ1v) is 17.0. The molecule has 1 heteroatoms. The lowest BCUT2D eigenvalue weighted by Gasteiger charge is -2.36. The van der Waals surface area contributed by atoms with Crippen LogP contribution in [-0.2, 0) is 10.8 Å². The van der Waals surface area contributed by atoms with Gasteiger partial charge in [0.15, 0.2) is 0 Å². The summed E-state index contributed by atoms with van der Waals surface area (Å²) >= 11 is 0. The van der Waals surface area contributed by atoms with E-state index in [4.69, 9.17) is 0 Å². The van der Waals surface area contributed by atoms with Crippen LogP contribution >= 0.6 is 0 Å². The maximum atomic E-state index is 2.53. The summed E-state index contributed by atoms with van der Waals surface area (Å²) in [5, 5.41) is 0. The summed E-state index contributed by atoms with van der Waals surface area (Å²) in [5.41, 5.74) is 17.7. The maximum absolute atomic E-state index is 2.53. The van der Waals surface area contributed by atoms with Gasteiger partial charge < -0.3 is 4.90 Å². The number of rotatable bonds is 4. The van der Waals surface area contributed by atoms with Crippen molar-refractivity contribution in [1.29, 1.82) is 0 Å². The monoisotopic (exact) mass is 593 g/mol. The summed E-state index contributed by atoms with van der Waals surface area (Å²) in [5.74, 6) is 0. The highest BCUT2D eigenvalue weighted by atomic mass is 15.1. The highest BCUT2D eigenvalue weighted by Gasteiger charge is 2.44. The molecule has 3 aliphatic rings. The van der Waals surface area contributed by atoms with E-state index in [-0.39, 0.29) is 10.8 Å². The number of fused-ring (bicyclic) bond motifs is 8. The molecule has 1 saturated carbocycles. The third-order valence-corrected chi connectivity index (χ3v) is 11.2. The molecule has 0 atom stereocenters. The van der Waals surface area contributed by atoms with Crippen molar-refractivity contribution in [3.05, 3.63) is 162 Å². The minimum Gasteiger partial charge on any atom is -0.310 e. The number of para-hydroxylation sites is 1. The number of benzene rings is 6. The number of hydrogen-bond acceptors (Lipinski definition) is 1. The first-order chi connectivity index (χ1) is 22.6. The van der Waals surface area contributed by atoms with Gasteiger partial charge in [0.1, 0.15) is 0 Å². The Morgan fingerprint density at radius 1 is 0.435 bits per heavy atom. The van der Waals surface area contributed by atoms with Crippen LogP contribution in [0, 0.1) is 0 Å². The van der Waals surface area contributed by atoms with Crippen LogP contribution in [-0.4, -0.2) is 0 Å². The zero-order chi connectivity index (χ0) is 30.9. The molecule has 9 rings (SSSR count). The largest absolute Gasteiger partial charge is 0.310 e. The Kier molecular flexibility index (Phi) is 6.16. The Morgan fingerprint density at radius 3 is 1.83 bits per heavy atom. The molecule has 46 heavy (non-hydrogen) atoms. The summed E-state index contributed by atoms with van der Waals surface area (Å²) in [6.07, 6.45) is 6.40. The Labute approximate surface area is 273 Å². The first-order valence-electron chi connectivity index (χ1n) is 17.0. The Bertz CT molecular complexity index is 2110. The quantitative estimate of drug-likeness (QED) is 0.196. The molecule has 1 fully saturated rings. The van der Waals surface area contributed by atoms with E-state index in [1.807, 2.05) is 0 Å². The zero-order valence-corrected chi connectivity index (χ0v) is 26.8. The van der Waals surface area contributed by atoms with E-state index >= 15 is 0 Å². The topological polar surface area (TPSA) is 3.24 Å². The third kappa shape index (κ3) is 3.94. The molecule has 0 bridgehead atoms. The lowest BCUT2D eigenvalue weighted by Crippen LogP contribution is -2.28. The van der Waals surface area contributed by atoms with E-state index in [1.165, 1.54) is 105 Å². The Balaban J connectivity index is 1.21. The predicted octanol–water partition coefficient (Wildman–Crippen LogP) is 12.4. The molecule has 0 saturated heterocycles. The molecule has 1 nitrogen and oxygen atoms in total. The van der Waals surface area contributed by atoms with Crippen LogP contribution < -0.4 is 4.90 Å². The molecule has 0 radical (unpaired) electrons. The van der Waals surface area contributed by atoms with Gasteiger partial charge in [-0.1, -0.05) is 136 Å². The SMILES string of the molecule is CC1(C)c2ccccc2-c2cccc(-c3cccc(N(c4ccccc4)c4ccc5c(c4)C4(CCCCC4)c4ccccc4-5)c3)c21. The van der Waals surface area contributed by atoms with E-state index in [0.29, 0.717) is 0 Å². The van der Waals surface area contributed by atoms with Gasteiger partial charge in [-0.3, -0.25) is 0 Å². The average Bonchev–Trinajstić information content (AvgIpc) is 3.51. The van der Waals surface area contributed by atoms with E-state index < -0.39 is 0 Å². The fourth-order valence-corrected chi connectivity index (χ4v) is 9.20. The van der Waals surface area contributed by atoms with E-state index in [2.05, 4.69) is 158 Å². The van der Waals surface area contributed by atoms with Crippen molar-refractivity contribution in [3.8, 4) is 33.4 Å². The van der Waals surface area contributed by atoms with E-state index in [9.17, 15) is 0 Å². The summed E-state index contributed by atoms with van der Waals surface area (Å²) in [6, 6.07) is 52.4. The molecule has 6 aromatic carbocycles. The van der Waals surface area contributed by atoms with Crippen molar-refractivity contribution in [2.45, 2.75) is 56.8 Å². The van der Waals surface area contributed by atoms with Crippen LogP contribution in [0.15, 0.2) is 140 Å². The Hall–Kier alpha value is -4.88. The second-order valence-corrected chi connectivity index (χ2v) is 14.0. The minimum atomic E-state index is -0.0685. The van der Waals surface area contributed by atoms with Crippen LogP contribution in [0.25, 0.3) is 33.4 Å². The van der Waals surface area contributed by atoms with Gasteiger partial charge in [-0.25, -0.2) is 0 Å². The molecule has 1 spiro atoms. The highest BCUT2D eigenvalue weighted by molar-refractivity contribution is 5.90. The number of nitrogens with zero attached hydrogens (tertiary/aromatic N) is 1. The standard InChI is InChI=1S/C45H39N/c1-44(2)40-23-9-7-20-37(40)39-22-14-21-35(43(39)44)31-15-13-18-33(29-31)46(32-16-5-3-6-17-32)34-25-26-38-36-19-8-10-24-41(36)45(42(38)30-34)27-11-4-12-28-45/h3,5-10,13-26,29-30H,4,11-12,27-28H2,1-2H3. The van der Waals surface area contributed by atoms with E-state index in [1.54, 1.807) is 0 Å². The Morgan fingerprint density at radius 2 is 1.02 bits per heavy atom. The van der Waals surface area contributed by atoms with Gasteiger partial charge in [0.2, 0.25) is 0 Å². The average molecular weight is 594 g/mol. The molecule has 0 aliphatic heterocycles. The van der Waals surface area contributed by atoms with Crippen molar-refractivity contribution in [2.24, 2.45) is 0 Å². The number of hydrogen-bond donors (Lipinski definition) is 0. The van der Waals surface area contributed by atoms with Crippen LogP contribution in [0.4, 0.5) is 17.1 Å². The van der Waals surface area contributed by atoms with Gasteiger partial charge in [-0.2, -0.15) is 0 Å². The third-order valence-electron chi connectivity index (χ3n) is 11.2. The molecule has 0 amide bonds. The predicted molar refractivity (Wildman–Crippen MR) is 193 cm³/mol. The first kappa shape index (κ1) is 27.4. The van der Waals surface area contributed by atoms with Crippen molar-refractivity contribution in [3.63, 3.8) is 0 Å². The van der Waals surface area contributed by atoms with Crippen molar-refractivity contribution < 1.29 is 0 Å². The fourth-order valence-electron chi connectivity index (χ4n) is 9.20. The molecule has 0 heterocycles. The lowest BCUT2D eigenvalue weighted by molar-refractivity contribution is 0.353. The fraction of sp³-hybridized carbons (Fsp3) is 0.200. The van der Waals surface area contributed by atoms with Gasteiger partial charge in [0.25, 0.3) is 0 Å².